The number of hydrogen-bond donors (Lipinski definition) is 0. The third-order valence-corrected chi connectivity index (χ3v) is 4.73. The van der Waals surface area contributed by atoms with E-state index in [4.69, 9.17) is 4.74 Å². The average Bonchev–Trinajstić information content (AvgIpc) is 2.76. The van der Waals surface area contributed by atoms with Gasteiger partial charge in [0.15, 0.2) is 0 Å². The van der Waals surface area contributed by atoms with Gasteiger partial charge in [-0.3, -0.25) is 9.36 Å². The van der Waals surface area contributed by atoms with Gasteiger partial charge in [0.2, 0.25) is 5.95 Å². The molecule has 8 heteroatoms. The Bertz CT molecular complexity index is 1090. The van der Waals surface area contributed by atoms with Crippen molar-refractivity contribution in [2.45, 2.75) is 6.10 Å². The Labute approximate surface area is 161 Å². The number of aromatic nitrogens is 4. The van der Waals surface area contributed by atoms with Gasteiger partial charge in [-0.1, -0.05) is 18.2 Å². The van der Waals surface area contributed by atoms with Crippen molar-refractivity contribution in [3.05, 3.63) is 70.4 Å². The van der Waals surface area contributed by atoms with Crippen LogP contribution in [-0.4, -0.2) is 39.2 Å². The second kappa shape index (κ2) is 7.58. The lowest BCUT2D eigenvalue weighted by molar-refractivity contribution is 0.0388. The maximum Gasteiger partial charge on any atom is 0.255 e. The Hall–Kier alpha value is -3.57. The highest BCUT2D eigenvalue weighted by Gasteiger charge is 2.26. The number of anilines is 1. The van der Waals surface area contributed by atoms with Crippen LogP contribution in [0.25, 0.3) is 11.4 Å². The highest BCUT2D eigenvalue weighted by atomic mass is 16.5. The zero-order valence-corrected chi connectivity index (χ0v) is 15.3. The van der Waals surface area contributed by atoms with E-state index in [2.05, 4.69) is 21.0 Å². The molecular weight excluding hydrogens is 356 g/mol. The first-order valence-corrected chi connectivity index (χ1v) is 8.87. The highest BCUT2D eigenvalue weighted by molar-refractivity contribution is 5.55. The average molecular weight is 374 g/mol. The van der Waals surface area contributed by atoms with Crippen molar-refractivity contribution in [2.24, 2.45) is 7.05 Å². The van der Waals surface area contributed by atoms with Crippen LogP contribution in [0.5, 0.6) is 0 Å². The molecule has 0 N–H and O–H groups in total. The van der Waals surface area contributed by atoms with E-state index < -0.39 is 0 Å². The lowest BCUT2D eigenvalue weighted by Gasteiger charge is -2.34. The molecule has 1 aliphatic heterocycles. The fourth-order valence-electron chi connectivity index (χ4n) is 3.28. The van der Waals surface area contributed by atoms with Crippen molar-refractivity contribution in [1.82, 2.24) is 19.5 Å². The van der Waals surface area contributed by atoms with Crippen LogP contribution in [0.1, 0.15) is 17.2 Å². The molecule has 0 spiro atoms. The molecule has 140 valence electrons. The monoisotopic (exact) mass is 374 g/mol. The molecule has 0 radical (unpaired) electrons. The molecule has 1 fully saturated rings. The van der Waals surface area contributed by atoms with Crippen molar-refractivity contribution in [3.63, 3.8) is 0 Å². The van der Waals surface area contributed by atoms with Crippen LogP contribution < -0.4 is 10.5 Å². The van der Waals surface area contributed by atoms with Gasteiger partial charge in [-0.25, -0.2) is 15.0 Å². The van der Waals surface area contributed by atoms with E-state index in [-0.39, 0.29) is 11.7 Å². The fourth-order valence-corrected chi connectivity index (χ4v) is 3.28. The number of ether oxygens (including phenoxy) is 1. The molecule has 0 unspecified atom stereocenters. The van der Waals surface area contributed by atoms with E-state index in [0.29, 0.717) is 42.6 Å². The Morgan fingerprint density at radius 2 is 2.11 bits per heavy atom. The summed E-state index contributed by atoms with van der Waals surface area (Å²) in [5, 5.41) is 9.39. The van der Waals surface area contributed by atoms with Gasteiger partial charge in [-0.2, -0.15) is 5.26 Å². The summed E-state index contributed by atoms with van der Waals surface area (Å²) in [7, 11) is 1.70. The maximum absolute atomic E-state index is 12.5. The first kappa shape index (κ1) is 17.8. The van der Waals surface area contributed by atoms with Crippen molar-refractivity contribution in [3.8, 4) is 17.5 Å². The number of morpholine rings is 1. The van der Waals surface area contributed by atoms with Crippen LogP contribution in [0.15, 0.2) is 53.7 Å². The zero-order chi connectivity index (χ0) is 19.5. The molecule has 2 aromatic heterocycles. The Morgan fingerprint density at radius 1 is 1.25 bits per heavy atom. The molecule has 1 aromatic carbocycles. The van der Waals surface area contributed by atoms with Crippen molar-refractivity contribution < 1.29 is 4.74 Å². The Kier molecular flexibility index (Phi) is 4.83. The van der Waals surface area contributed by atoms with E-state index in [1.165, 1.54) is 17.0 Å². The molecule has 28 heavy (non-hydrogen) atoms. The van der Waals surface area contributed by atoms with Gasteiger partial charge in [0.25, 0.3) is 5.56 Å². The lowest BCUT2D eigenvalue weighted by atomic mass is 10.0. The first-order chi connectivity index (χ1) is 13.7. The maximum atomic E-state index is 12.5. The van der Waals surface area contributed by atoms with Crippen LogP contribution >= 0.6 is 0 Å². The van der Waals surface area contributed by atoms with Gasteiger partial charge < -0.3 is 9.64 Å². The van der Waals surface area contributed by atoms with Crippen molar-refractivity contribution >= 4 is 5.95 Å². The third kappa shape index (κ3) is 3.35. The van der Waals surface area contributed by atoms with E-state index >= 15 is 0 Å². The summed E-state index contributed by atoms with van der Waals surface area (Å²) in [5.41, 5.74) is 2.35. The molecule has 1 aliphatic rings. The van der Waals surface area contributed by atoms with Crippen LogP contribution in [-0.2, 0) is 11.8 Å². The van der Waals surface area contributed by atoms with E-state index in [0.717, 1.165) is 5.56 Å². The Balaban J connectivity index is 1.70. The number of rotatable bonds is 3. The highest BCUT2D eigenvalue weighted by Crippen LogP contribution is 2.27. The predicted octanol–water partition coefficient (Wildman–Crippen LogP) is 1.69. The molecule has 0 aliphatic carbocycles. The minimum absolute atomic E-state index is 0.168. The summed E-state index contributed by atoms with van der Waals surface area (Å²) in [6.07, 6.45) is 2.77. The lowest BCUT2D eigenvalue weighted by Crippen LogP contribution is -2.42. The number of nitriles is 1. The van der Waals surface area contributed by atoms with Crippen LogP contribution in [0.2, 0.25) is 0 Å². The zero-order valence-electron chi connectivity index (χ0n) is 15.3. The smallest absolute Gasteiger partial charge is 0.255 e. The van der Waals surface area contributed by atoms with E-state index in [1.54, 1.807) is 25.4 Å². The molecule has 1 saturated heterocycles. The van der Waals surface area contributed by atoms with Gasteiger partial charge in [0.05, 0.1) is 36.2 Å². The summed E-state index contributed by atoms with van der Waals surface area (Å²) >= 11 is 0. The van der Waals surface area contributed by atoms with Crippen LogP contribution in [0.4, 0.5) is 5.95 Å². The molecule has 4 rings (SSSR count). The third-order valence-electron chi connectivity index (χ3n) is 4.73. The largest absolute Gasteiger partial charge is 0.370 e. The molecule has 3 heterocycles. The van der Waals surface area contributed by atoms with Gasteiger partial charge >= 0.3 is 0 Å². The predicted molar refractivity (Wildman–Crippen MR) is 103 cm³/mol. The summed E-state index contributed by atoms with van der Waals surface area (Å²) in [5.74, 6) is 0.545. The molecular formula is C20H18N6O2. The molecule has 0 bridgehead atoms. The minimum Gasteiger partial charge on any atom is -0.370 e. The second-order valence-electron chi connectivity index (χ2n) is 6.44. The second-order valence-corrected chi connectivity index (χ2v) is 6.44. The van der Waals surface area contributed by atoms with Crippen molar-refractivity contribution in [2.75, 3.05) is 24.6 Å². The SMILES string of the molecule is Cn1c(N2CCO[C@H](c3ccccc3C#N)C2)nc(-c2ccncn2)cc1=O. The molecule has 1 atom stereocenters. The number of hydrogen-bond acceptors (Lipinski definition) is 7. The number of nitrogens with zero attached hydrogens (tertiary/aromatic N) is 6. The molecule has 0 saturated carbocycles. The quantitative estimate of drug-likeness (QED) is 0.688. The summed E-state index contributed by atoms with van der Waals surface area (Å²) < 4.78 is 7.43. The van der Waals surface area contributed by atoms with Gasteiger partial charge in [-0.05, 0) is 12.1 Å². The standard InChI is InChI=1S/C20H18N6O2/c1-25-19(27)10-17(16-6-7-22-13-23-16)24-20(25)26-8-9-28-18(12-26)15-5-3-2-4-14(15)11-21/h2-7,10,13,18H,8-9,12H2,1H3/t18-/m0/s1. The molecule has 8 nitrogen and oxygen atoms in total. The summed E-state index contributed by atoms with van der Waals surface area (Å²) in [6, 6.07) is 12.8. The van der Waals surface area contributed by atoms with Crippen LogP contribution in [0.3, 0.4) is 0 Å². The fraction of sp³-hybridized carbons (Fsp3) is 0.250. The van der Waals surface area contributed by atoms with Gasteiger partial charge in [-0.15, -0.1) is 0 Å². The van der Waals surface area contributed by atoms with Gasteiger partial charge in [0.1, 0.15) is 12.4 Å². The van der Waals surface area contributed by atoms with E-state index in [1.807, 2.05) is 23.1 Å². The molecule has 3 aromatic rings. The van der Waals surface area contributed by atoms with Gasteiger partial charge in [0, 0.05) is 31.4 Å². The normalized spacial score (nSPS) is 16.6. The van der Waals surface area contributed by atoms with Crippen LogP contribution in [0, 0.1) is 11.3 Å². The minimum atomic E-state index is -0.274. The summed E-state index contributed by atoms with van der Waals surface area (Å²) in [4.78, 5) is 27.3. The topological polar surface area (TPSA) is 96.9 Å². The first-order valence-electron chi connectivity index (χ1n) is 8.87. The Morgan fingerprint density at radius 3 is 2.89 bits per heavy atom. The van der Waals surface area contributed by atoms with E-state index in [9.17, 15) is 10.1 Å². The number of benzene rings is 1. The van der Waals surface area contributed by atoms with Crippen molar-refractivity contribution in [1.29, 1.82) is 5.26 Å². The molecule has 0 amide bonds. The summed E-state index contributed by atoms with van der Waals surface area (Å²) in [6.45, 7) is 1.56.